The van der Waals surface area contributed by atoms with Gasteiger partial charge in [-0.25, -0.2) is 0 Å². The molecule has 114 valence electrons. The van der Waals surface area contributed by atoms with Crippen molar-refractivity contribution in [2.45, 2.75) is 38.6 Å². The van der Waals surface area contributed by atoms with Crippen LogP contribution in [0.15, 0.2) is 54.6 Å². The van der Waals surface area contributed by atoms with Crippen LogP contribution in [0.4, 0.5) is 0 Å². The van der Waals surface area contributed by atoms with Crippen LogP contribution in [0.5, 0.6) is 0 Å². The number of unbranched alkanes of at least 4 members (excludes halogenated alkanes) is 1. The molecule has 1 aliphatic rings. The predicted octanol–water partition coefficient (Wildman–Crippen LogP) is 5.30. The zero-order chi connectivity index (χ0) is 15.4. The fraction of sp³-hybridized carbons (Fsp3) is 0.333. The minimum atomic E-state index is 0.392. The lowest BCUT2D eigenvalue weighted by molar-refractivity contribution is 0.550. The summed E-state index contributed by atoms with van der Waals surface area (Å²) >= 11 is 0. The first-order valence-electron chi connectivity index (χ1n) is 8.40. The highest BCUT2D eigenvalue weighted by Gasteiger charge is 2.22. The lowest BCUT2D eigenvalue weighted by Gasteiger charge is -2.21. The van der Waals surface area contributed by atoms with E-state index in [0.717, 1.165) is 6.54 Å². The molecule has 0 aliphatic heterocycles. The summed E-state index contributed by atoms with van der Waals surface area (Å²) in [5.74, 6) is 0.392. The van der Waals surface area contributed by atoms with E-state index < -0.39 is 0 Å². The van der Waals surface area contributed by atoms with Gasteiger partial charge in [-0.1, -0.05) is 74.0 Å². The van der Waals surface area contributed by atoms with E-state index in [1.54, 1.807) is 0 Å². The second kappa shape index (κ2) is 6.93. The molecule has 0 heterocycles. The van der Waals surface area contributed by atoms with Crippen molar-refractivity contribution < 1.29 is 0 Å². The van der Waals surface area contributed by atoms with Gasteiger partial charge in [0.05, 0.1) is 0 Å². The second-order valence-electron chi connectivity index (χ2n) is 6.12. The average Bonchev–Trinajstić information content (AvgIpc) is 2.99. The SMILES string of the molecule is CCCCNC(C)c1ccccc1C1C=Cc2ccccc21. The van der Waals surface area contributed by atoms with E-state index in [9.17, 15) is 0 Å². The fourth-order valence-corrected chi connectivity index (χ4v) is 3.31. The average molecular weight is 291 g/mol. The van der Waals surface area contributed by atoms with Gasteiger partial charge in [-0.3, -0.25) is 0 Å². The molecule has 1 N–H and O–H groups in total. The number of fused-ring (bicyclic) bond motifs is 1. The van der Waals surface area contributed by atoms with Crippen molar-refractivity contribution in [3.05, 3.63) is 76.9 Å². The molecule has 2 aromatic rings. The van der Waals surface area contributed by atoms with Crippen LogP contribution < -0.4 is 5.32 Å². The summed E-state index contributed by atoms with van der Waals surface area (Å²) in [6.07, 6.45) is 7.06. The normalized spacial score (nSPS) is 17.5. The van der Waals surface area contributed by atoms with Gasteiger partial charge in [0.1, 0.15) is 0 Å². The first kappa shape index (κ1) is 15.1. The topological polar surface area (TPSA) is 12.0 Å². The maximum atomic E-state index is 3.66. The Labute approximate surface area is 134 Å². The molecule has 2 unspecified atom stereocenters. The molecule has 0 saturated carbocycles. The molecule has 2 aromatic carbocycles. The highest BCUT2D eigenvalue weighted by molar-refractivity contribution is 5.65. The van der Waals surface area contributed by atoms with Crippen LogP contribution in [0.1, 0.15) is 60.9 Å². The molecule has 3 rings (SSSR count). The van der Waals surface area contributed by atoms with Gasteiger partial charge in [0.15, 0.2) is 0 Å². The van der Waals surface area contributed by atoms with Gasteiger partial charge in [0, 0.05) is 12.0 Å². The van der Waals surface area contributed by atoms with Crippen molar-refractivity contribution in [3.63, 3.8) is 0 Å². The van der Waals surface area contributed by atoms with Crippen molar-refractivity contribution in [2.75, 3.05) is 6.54 Å². The van der Waals surface area contributed by atoms with Crippen molar-refractivity contribution in [1.82, 2.24) is 5.32 Å². The number of rotatable bonds is 6. The van der Waals surface area contributed by atoms with E-state index in [0.29, 0.717) is 12.0 Å². The summed E-state index contributed by atoms with van der Waals surface area (Å²) in [6.45, 7) is 5.60. The standard InChI is InChI=1S/C21H25N/c1-3-4-15-22-16(2)18-10-7-8-12-20(18)21-14-13-17-9-5-6-11-19(17)21/h5-14,16,21-22H,3-4,15H2,1-2H3. The van der Waals surface area contributed by atoms with Crippen LogP contribution in [0.25, 0.3) is 6.08 Å². The Bertz CT molecular complexity index is 656. The lowest BCUT2D eigenvalue weighted by atomic mass is 9.87. The number of hydrogen-bond donors (Lipinski definition) is 1. The Balaban J connectivity index is 1.88. The lowest BCUT2D eigenvalue weighted by Crippen LogP contribution is -2.21. The van der Waals surface area contributed by atoms with Crippen molar-refractivity contribution >= 4 is 6.08 Å². The first-order valence-corrected chi connectivity index (χ1v) is 8.40. The van der Waals surface area contributed by atoms with Crippen molar-refractivity contribution in [2.24, 2.45) is 0 Å². The molecule has 0 saturated heterocycles. The van der Waals surface area contributed by atoms with E-state index in [1.807, 2.05) is 0 Å². The highest BCUT2D eigenvalue weighted by atomic mass is 14.9. The largest absolute Gasteiger partial charge is 0.310 e. The van der Waals surface area contributed by atoms with Crippen LogP contribution in [0, 0.1) is 0 Å². The van der Waals surface area contributed by atoms with Crippen molar-refractivity contribution in [3.8, 4) is 0 Å². The van der Waals surface area contributed by atoms with E-state index >= 15 is 0 Å². The maximum Gasteiger partial charge on any atom is 0.0294 e. The molecular formula is C21H25N. The summed E-state index contributed by atoms with van der Waals surface area (Å²) in [4.78, 5) is 0. The number of hydrogen-bond acceptors (Lipinski definition) is 1. The second-order valence-corrected chi connectivity index (χ2v) is 6.12. The van der Waals surface area contributed by atoms with Gasteiger partial charge < -0.3 is 5.32 Å². The third kappa shape index (κ3) is 3.00. The first-order chi connectivity index (χ1) is 10.8. The predicted molar refractivity (Wildman–Crippen MR) is 95.1 cm³/mol. The fourth-order valence-electron chi connectivity index (χ4n) is 3.31. The molecule has 0 radical (unpaired) electrons. The monoisotopic (exact) mass is 291 g/mol. The van der Waals surface area contributed by atoms with Gasteiger partial charge in [-0.15, -0.1) is 0 Å². The zero-order valence-electron chi connectivity index (χ0n) is 13.5. The summed E-state index contributed by atoms with van der Waals surface area (Å²) in [7, 11) is 0. The highest BCUT2D eigenvalue weighted by Crippen LogP contribution is 2.38. The van der Waals surface area contributed by atoms with Gasteiger partial charge >= 0.3 is 0 Å². The Hall–Kier alpha value is -1.86. The summed E-state index contributed by atoms with van der Waals surface area (Å²) in [6, 6.07) is 18.0. The quantitative estimate of drug-likeness (QED) is 0.712. The molecule has 0 aromatic heterocycles. The Morgan fingerprint density at radius 3 is 2.55 bits per heavy atom. The molecule has 0 spiro atoms. The molecule has 1 nitrogen and oxygen atoms in total. The third-order valence-corrected chi connectivity index (χ3v) is 4.58. The van der Waals surface area contributed by atoms with Gasteiger partial charge in [-0.2, -0.15) is 0 Å². The van der Waals surface area contributed by atoms with Crippen LogP contribution in [-0.4, -0.2) is 6.54 Å². The van der Waals surface area contributed by atoms with Crippen LogP contribution >= 0.6 is 0 Å². The maximum absolute atomic E-state index is 3.66. The van der Waals surface area contributed by atoms with Gasteiger partial charge in [0.25, 0.3) is 0 Å². The Morgan fingerprint density at radius 1 is 1.00 bits per heavy atom. The van der Waals surface area contributed by atoms with Crippen LogP contribution in [-0.2, 0) is 0 Å². The molecule has 2 atom stereocenters. The summed E-state index contributed by atoms with van der Waals surface area (Å²) in [5, 5.41) is 3.66. The number of allylic oxidation sites excluding steroid dienone is 1. The van der Waals surface area contributed by atoms with Crippen molar-refractivity contribution in [1.29, 1.82) is 0 Å². The Morgan fingerprint density at radius 2 is 1.73 bits per heavy atom. The molecule has 1 heteroatoms. The molecule has 0 bridgehead atoms. The third-order valence-electron chi connectivity index (χ3n) is 4.58. The summed E-state index contributed by atoms with van der Waals surface area (Å²) < 4.78 is 0. The molecule has 0 amide bonds. The number of nitrogens with one attached hydrogen (secondary N) is 1. The Kier molecular flexibility index (Phi) is 4.74. The zero-order valence-corrected chi connectivity index (χ0v) is 13.5. The van der Waals surface area contributed by atoms with Gasteiger partial charge in [-0.05, 0) is 42.1 Å². The number of benzene rings is 2. The van der Waals surface area contributed by atoms with Crippen LogP contribution in [0.3, 0.4) is 0 Å². The minimum Gasteiger partial charge on any atom is -0.310 e. The van der Waals surface area contributed by atoms with E-state index in [1.165, 1.54) is 35.1 Å². The van der Waals surface area contributed by atoms with Gasteiger partial charge in [0.2, 0.25) is 0 Å². The minimum absolute atomic E-state index is 0.392. The summed E-state index contributed by atoms with van der Waals surface area (Å²) in [5.41, 5.74) is 5.63. The molecule has 0 fully saturated rings. The van der Waals surface area contributed by atoms with E-state index in [-0.39, 0.29) is 0 Å². The smallest absolute Gasteiger partial charge is 0.0294 e. The van der Waals surface area contributed by atoms with Crippen LogP contribution in [0.2, 0.25) is 0 Å². The molecule has 22 heavy (non-hydrogen) atoms. The van der Waals surface area contributed by atoms with E-state index in [2.05, 4.69) is 79.8 Å². The molecular weight excluding hydrogens is 266 g/mol. The molecule has 1 aliphatic carbocycles. The van der Waals surface area contributed by atoms with E-state index in [4.69, 9.17) is 0 Å².